The fourth-order valence-electron chi connectivity index (χ4n) is 9.56. The van der Waals surface area contributed by atoms with Crippen molar-refractivity contribution in [2.24, 2.45) is 0 Å². The topological polar surface area (TPSA) is 66.8 Å². The van der Waals surface area contributed by atoms with E-state index >= 15 is 0 Å². The quantitative estimate of drug-likeness (QED) is 0.143. The highest BCUT2D eigenvalue weighted by atomic mass is 15.0. The standard InChI is InChI=1S/C63H37N5/c1-65-52-34-36-53(44-27-29-45(30-28-44)54-35-33-47-11-8-16-56-55-14-5-6-15-57(55)60(54)59(47)56)58(38-52)46-25-21-41(22-26-46)42-23-31-49(32-24-42)62-66-61(48-9-3-2-4-10-48)67-63(68-62)51-13-7-12-50(37-51)43-19-17-40(39-64)18-20-43/h2-38H. The Morgan fingerprint density at radius 1 is 0.338 bits per heavy atom. The van der Waals surface area contributed by atoms with Crippen LogP contribution in [0.15, 0.2) is 224 Å². The molecule has 11 aromatic rings. The van der Waals surface area contributed by atoms with Crippen molar-refractivity contribution in [3.05, 3.63) is 241 Å². The molecule has 5 heteroatoms. The summed E-state index contributed by atoms with van der Waals surface area (Å²) in [7, 11) is 0. The molecule has 10 aromatic carbocycles. The molecule has 0 N–H and O–H groups in total. The van der Waals surface area contributed by atoms with Gasteiger partial charge in [0.1, 0.15) is 0 Å². The van der Waals surface area contributed by atoms with Crippen molar-refractivity contribution in [3.63, 3.8) is 0 Å². The van der Waals surface area contributed by atoms with Crippen molar-refractivity contribution in [2.45, 2.75) is 0 Å². The van der Waals surface area contributed by atoms with Gasteiger partial charge in [-0.05, 0) is 113 Å². The average molecular weight is 864 g/mol. The van der Waals surface area contributed by atoms with Crippen LogP contribution in [0.1, 0.15) is 5.56 Å². The van der Waals surface area contributed by atoms with Crippen molar-refractivity contribution in [3.8, 4) is 118 Å². The fourth-order valence-corrected chi connectivity index (χ4v) is 9.56. The van der Waals surface area contributed by atoms with Crippen molar-refractivity contribution < 1.29 is 0 Å². The zero-order valence-corrected chi connectivity index (χ0v) is 36.6. The molecule has 0 bridgehead atoms. The number of hydrogen-bond donors (Lipinski definition) is 0. The minimum Gasteiger partial charge on any atom is -0.238 e. The average Bonchev–Trinajstić information content (AvgIpc) is 3.76. The minimum absolute atomic E-state index is 0.574. The zero-order valence-electron chi connectivity index (χ0n) is 36.6. The van der Waals surface area contributed by atoms with Gasteiger partial charge in [0.2, 0.25) is 0 Å². The van der Waals surface area contributed by atoms with E-state index < -0.39 is 0 Å². The SMILES string of the molecule is [C-]#[N+]c1ccc(-c2ccc(-c3ccc4cccc5c4c3-c3ccccc3-5)cc2)c(-c2ccc(-c3ccc(-c4nc(-c5ccccc5)nc(-c5cccc(-c6ccc(C#N)cc6)c5)n4)cc3)cc2)c1. The van der Waals surface area contributed by atoms with E-state index in [-0.39, 0.29) is 0 Å². The van der Waals surface area contributed by atoms with Crippen molar-refractivity contribution in [1.82, 2.24) is 15.0 Å². The van der Waals surface area contributed by atoms with Gasteiger partial charge in [0.15, 0.2) is 23.2 Å². The summed E-state index contributed by atoms with van der Waals surface area (Å²) in [6.07, 6.45) is 0. The Kier molecular flexibility index (Phi) is 9.87. The Morgan fingerprint density at radius 3 is 1.50 bits per heavy atom. The highest BCUT2D eigenvalue weighted by Gasteiger charge is 2.24. The molecule has 1 heterocycles. The number of nitriles is 1. The molecule has 0 amide bonds. The summed E-state index contributed by atoms with van der Waals surface area (Å²) >= 11 is 0. The van der Waals surface area contributed by atoms with Crippen LogP contribution in [0.25, 0.3) is 128 Å². The second kappa shape index (κ2) is 16.8. The van der Waals surface area contributed by atoms with Gasteiger partial charge in [0.05, 0.1) is 18.2 Å². The molecular weight excluding hydrogens is 827 g/mol. The van der Waals surface area contributed by atoms with E-state index in [2.05, 4.69) is 150 Å². The number of rotatable bonds is 8. The van der Waals surface area contributed by atoms with E-state index in [4.69, 9.17) is 21.5 Å². The second-order valence-electron chi connectivity index (χ2n) is 17.0. The number of hydrogen-bond acceptors (Lipinski definition) is 4. The van der Waals surface area contributed by atoms with E-state index in [1.165, 1.54) is 44.2 Å². The summed E-state index contributed by atoms with van der Waals surface area (Å²) in [6, 6.07) is 79.5. The summed E-state index contributed by atoms with van der Waals surface area (Å²) in [5.41, 5.74) is 19.8. The predicted octanol–water partition coefficient (Wildman–Crippen LogP) is 16.4. The molecule has 0 spiro atoms. The normalized spacial score (nSPS) is 11.2. The van der Waals surface area contributed by atoms with E-state index in [0.29, 0.717) is 28.7 Å². The number of aromatic nitrogens is 3. The second-order valence-corrected chi connectivity index (χ2v) is 17.0. The molecule has 0 unspecified atom stereocenters. The van der Waals surface area contributed by atoms with Crippen LogP contribution in [0.2, 0.25) is 0 Å². The minimum atomic E-state index is 0.574. The third kappa shape index (κ3) is 7.18. The molecule has 0 radical (unpaired) electrons. The first-order valence-electron chi connectivity index (χ1n) is 22.5. The van der Waals surface area contributed by atoms with Crippen LogP contribution in [0.5, 0.6) is 0 Å². The van der Waals surface area contributed by atoms with Crippen LogP contribution in [0.4, 0.5) is 5.69 Å². The molecular formula is C63H37N5. The van der Waals surface area contributed by atoms with Gasteiger partial charge >= 0.3 is 0 Å². The molecule has 0 saturated carbocycles. The lowest BCUT2D eigenvalue weighted by Crippen LogP contribution is -2.00. The Balaban J connectivity index is 0.842. The fraction of sp³-hybridized carbons (Fsp3) is 0. The lowest BCUT2D eigenvalue weighted by molar-refractivity contribution is 1.07. The van der Waals surface area contributed by atoms with Crippen LogP contribution in [0.3, 0.4) is 0 Å². The maximum Gasteiger partial charge on any atom is 0.187 e. The smallest absolute Gasteiger partial charge is 0.187 e. The van der Waals surface area contributed by atoms with Crippen LogP contribution in [-0.2, 0) is 0 Å². The van der Waals surface area contributed by atoms with Gasteiger partial charge in [-0.15, -0.1) is 0 Å². The van der Waals surface area contributed by atoms with Crippen LogP contribution in [0, 0.1) is 17.9 Å². The highest BCUT2D eigenvalue weighted by Crippen LogP contribution is 2.51. The van der Waals surface area contributed by atoms with Crippen LogP contribution >= 0.6 is 0 Å². The molecule has 0 fully saturated rings. The van der Waals surface area contributed by atoms with Crippen molar-refractivity contribution in [2.75, 3.05) is 0 Å². The first-order valence-corrected chi connectivity index (χ1v) is 22.5. The summed E-state index contributed by atoms with van der Waals surface area (Å²) in [6.45, 7) is 7.85. The number of fused-ring (bicyclic) bond motifs is 3. The van der Waals surface area contributed by atoms with E-state index in [0.717, 1.165) is 61.2 Å². The Bertz CT molecular complexity index is 3820. The maximum atomic E-state index is 9.31. The number of benzene rings is 10. The lowest BCUT2D eigenvalue weighted by Gasteiger charge is -2.14. The van der Waals surface area contributed by atoms with Gasteiger partial charge in [0.25, 0.3) is 0 Å². The third-order valence-electron chi connectivity index (χ3n) is 13.0. The van der Waals surface area contributed by atoms with Gasteiger partial charge in [-0.2, -0.15) is 5.26 Å². The first-order chi connectivity index (χ1) is 33.6. The third-order valence-corrected chi connectivity index (χ3v) is 13.0. The molecule has 1 aromatic heterocycles. The Morgan fingerprint density at radius 2 is 0.824 bits per heavy atom. The Hall–Kier alpha value is -9.55. The zero-order chi connectivity index (χ0) is 45.6. The van der Waals surface area contributed by atoms with E-state index in [9.17, 15) is 5.26 Å². The van der Waals surface area contributed by atoms with Crippen LogP contribution < -0.4 is 0 Å². The number of nitrogens with zero attached hydrogens (tertiary/aromatic N) is 5. The van der Waals surface area contributed by atoms with Crippen LogP contribution in [-0.4, -0.2) is 15.0 Å². The van der Waals surface area contributed by atoms with Gasteiger partial charge in [-0.1, -0.05) is 200 Å². The molecule has 12 rings (SSSR count). The molecule has 0 aliphatic heterocycles. The highest BCUT2D eigenvalue weighted by molar-refractivity contribution is 6.19. The first kappa shape index (κ1) is 40.0. The maximum absolute atomic E-state index is 9.31. The molecule has 1 aliphatic carbocycles. The van der Waals surface area contributed by atoms with E-state index in [1.807, 2.05) is 84.9 Å². The molecule has 0 atom stereocenters. The summed E-state index contributed by atoms with van der Waals surface area (Å²) in [5.74, 6) is 1.75. The summed E-state index contributed by atoms with van der Waals surface area (Å²) in [5, 5.41) is 11.9. The van der Waals surface area contributed by atoms with Crippen molar-refractivity contribution >= 4 is 16.5 Å². The monoisotopic (exact) mass is 863 g/mol. The Labute approximate surface area is 394 Å². The predicted molar refractivity (Wildman–Crippen MR) is 276 cm³/mol. The largest absolute Gasteiger partial charge is 0.238 e. The van der Waals surface area contributed by atoms with Crippen molar-refractivity contribution in [1.29, 1.82) is 5.26 Å². The lowest BCUT2D eigenvalue weighted by atomic mass is 9.90. The summed E-state index contributed by atoms with van der Waals surface area (Å²) in [4.78, 5) is 18.7. The van der Waals surface area contributed by atoms with Gasteiger partial charge < -0.3 is 0 Å². The molecule has 0 saturated heterocycles. The van der Waals surface area contributed by atoms with Gasteiger partial charge in [0, 0.05) is 16.7 Å². The molecule has 68 heavy (non-hydrogen) atoms. The molecule has 314 valence electrons. The molecule has 5 nitrogen and oxygen atoms in total. The van der Waals surface area contributed by atoms with Gasteiger partial charge in [-0.25, -0.2) is 19.8 Å². The molecule has 1 aliphatic rings. The van der Waals surface area contributed by atoms with Gasteiger partial charge in [-0.3, -0.25) is 0 Å². The van der Waals surface area contributed by atoms with E-state index in [1.54, 1.807) is 0 Å². The summed E-state index contributed by atoms with van der Waals surface area (Å²) < 4.78 is 0.